The molecule has 1 amide bonds. The van der Waals surface area contributed by atoms with Gasteiger partial charge in [-0.15, -0.1) is 5.10 Å². The highest BCUT2D eigenvalue weighted by atomic mass is 16.4. The fourth-order valence-electron chi connectivity index (χ4n) is 4.65. The maximum atomic E-state index is 12.5. The molecule has 3 rings (SSSR count). The summed E-state index contributed by atoms with van der Waals surface area (Å²) in [5.41, 5.74) is 0.929. The van der Waals surface area contributed by atoms with E-state index in [2.05, 4.69) is 17.2 Å². The highest BCUT2D eigenvalue weighted by Crippen LogP contribution is 2.44. The van der Waals surface area contributed by atoms with Crippen LogP contribution < -0.4 is 0 Å². The van der Waals surface area contributed by atoms with E-state index in [1.807, 2.05) is 10.9 Å². The molecule has 170 valence electrons. The molecule has 0 bridgehead atoms. The number of aliphatic hydroxyl groups is 4. The molecular formula is C21H36N4O5. The lowest BCUT2D eigenvalue weighted by Gasteiger charge is -2.31. The summed E-state index contributed by atoms with van der Waals surface area (Å²) >= 11 is 0. The number of carbonyl (C=O) groups is 1. The van der Waals surface area contributed by atoms with Crippen LogP contribution in [0.5, 0.6) is 0 Å². The van der Waals surface area contributed by atoms with E-state index in [4.69, 9.17) is 0 Å². The second-order valence-corrected chi connectivity index (χ2v) is 8.69. The van der Waals surface area contributed by atoms with Crippen molar-refractivity contribution in [2.24, 2.45) is 5.92 Å². The predicted molar refractivity (Wildman–Crippen MR) is 109 cm³/mol. The maximum absolute atomic E-state index is 12.5. The van der Waals surface area contributed by atoms with Crippen LogP contribution in [0, 0.1) is 5.92 Å². The number of unbranched alkanes of at least 4 members (excludes halogenated alkanes) is 5. The summed E-state index contributed by atoms with van der Waals surface area (Å²) in [6.45, 7) is 2.76. The van der Waals surface area contributed by atoms with E-state index in [1.54, 1.807) is 0 Å². The number of aromatic nitrogens is 3. The summed E-state index contributed by atoms with van der Waals surface area (Å²) < 4.78 is 1.89. The molecule has 9 nitrogen and oxygen atoms in total. The average molecular weight is 425 g/mol. The van der Waals surface area contributed by atoms with Gasteiger partial charge in [0.15, 0.2) is 0 Å². The van der Waals surface area contributed by atoms with Crippen molar-refractivity contribution < 1.29 is 25.2 Å². The van der Waals surface area contributed by atoms with Gasteiger partial charge >= 0.3 is 0 Å². The molecule has 1 aromatic heterocycles. The second-order valence-electron chi connectivity index (χ2n) is 8.69. The van der Waals surface area contributed by atoms with Crippen LogP contribution in [0.4, 0.5) is 0 Å². The summed E-state index contributed by atoms with van der Waals surface area (Å²) in [7, 11) is 0. The smallest absolute Gasteiger partial charge is 0.223 e. The first-order valence-electron chi connectivity index (χ1n) is 11.3. The molecule has 0 radical (unpaired) electrons. The molecule has 1 saturated carbocycles. The summed E-state index contributed by atoms with van der Waals surface area (Å²) in [6.07, 6.45) is 6.92. The number of amides is 1. The number of likely N-dealkylation sites (tertiary alicyclic amines) is 1. The number of fused-ring (bicyclic) bond motifs is 1. The Hall–Kier alpha value is -1.55. The van der Waals surface area contributed by atoms with Crippen LogP contribution in [0.1, 0.15) is 64.0 Å². The van der Waals surface area contributed by atoms with Gasteiger partial charge in [-0.05, 0) is 25.7 Å². The van der Waals surface area contributed by atoms with Crippen molar-refractivity contribution >= 4 is 5.91 Å². The van der Waals surface area contributed by atoms with Gasteiger partial charge in [-0.25, -0.2) is 0 Å². The standard InChI is InChI=1S/C21H36N4O5/c1-2-3-4-5-8-11-24-12-14(22-23-24)9-6-7-10-16(27)25-17-15(13-26)19(28)21(30)20(29)18(17)25/h12,15,17-21,26,28-30H,2-11,13H2,1H3/t15?,17?,18-,19-,20?,21?,25?/m1/s1. The molecule has 0 aromatic carbocycles. The highest BCUT2D eigenvalue weighted by molar-refractivity contribution is 5.80. The Kier molecular flexibility index (Phi) is 8.21. The monoisotopic (exact) mass is 424 g/mol. The Bertz CT molecular complexity index is 684. The van der Waals surface area contributed by atoms with Gasteiger partial charge in [0.1, 0.15) is 12.2 Å². The fraction of sp³-hybridized carbons (Fsp3) is 0.857. The third-order valence-corrected chi connectivity index (χ3v) is 6.48. The largest absolute Gasteiger partial charge is 0.396 e. The lowest BCUT2D eigenvalue weighted by atomic mass is 9.83. The normalized spacial score (nSPS) is 30.4. The maximum Gasteiger partial charge on any atom is 0.223 e. The molecule has 1 aliphatic carbocycles. The van der Waals surface area contributed by atoms with Gasteiger partial charge in [-0.2, -0.15) is 0 Å². The molecule has 4 N–H and O–H groups in total. The predicted octanol–water partition coefficient (Wildman–Crippen LogP) is 0.246. The van der Waals surface area contributed by atoms with Crippen LogP contribution in [0.2, 0.25) is 0 Å². The minimum Gasteiger partial charge on any atom is -0.396 e. The number of hydrogen-bond acceptors (Lipinski definition) is 7. The van der Waals surface area contributed by atoms with Gasteiger partial charge in [0.2, 0.25) is 5.91 Å². The van der Waals surface area contributed by atoms with Gasteiger partial charge in [0, 0.05) is 25.1 Å². The number of rotatable bonds is 12. The zero-order valence-electron chi connectivity index (χ0n) is 17.8. The van der Waals surface area contributed by atoms with Crippen LogP contribution in [0.15, 0.2) is 6.20 Å². The zero-order chi connectivity index (χ0) is 21.7. The Morgan fingerprint density at radius 2 is 1.77 bits per heavy atom. The third kappa shape index (κ3) is 5.19. The first-order chi connectivity index (χ1) is 14.5. The van der Waals surface area contributed by atoms with E-state index >= 15 is 0 Å². The number of nitrogens with zero attached hydrogens (tertiary/aromatic N) is 4. The molecule has 1 aromatic rings. The third-order valence-electron chi connectivity index (χ3n) is 6.48. The fourth-order valence-corrected chi connectivity index (χ4v) is 4.65. The Morgan fingerprint density at radius 3 is 2.50 bits per heavy atom. The Balaban J connectivity index is 1.36. The van der Waals surface area contributed by atoms with E-state index in [9.17, 15) is 25.2 Å². The van der Waals surface area contributed by atoms with Crippen LogP contribution >= 0.6 is 0 Å². The second kappa shape index (κ2) is 10.7. The van der Waals surface area contributed by atoms with Crippen molar-refractivity contribution in [3.63, 3.8) is 0 Å². The molecule has 0 spiro atoms. The van der Waals surface area contributed by atoms with E-state index in [-0.39, 0.29) is 12.5 Å². The van der Waals surface area contributed by atoms with Crippen LogP contribution in [-0.4, -0.2) is 83.2 Å². The molecule has 1 saturated heterocycles. The van der Waals surface area contributed by atoms with E-state index < -0.39 is 36.3 Å². The van der Waals surface area contributed by atoms with Crippen molar-refractivity contribution in [3.05, 3.63) is 11.9 Å². The van der Waals surface area contributed by atoms with Crippen molar-refractivity contribution in [1.29, 1.82) is 0 Å². The SMILES string of the molecule is CCCCCCCn1cc(CCCCC(=O)N2C3C(CO)[C@@H](O)C(O)C(O)[C@@H]32)nn1. The zero-order valence-corrected chi connectivity index (χ0v) is 17.8. The first kappa shape index (κ1) is 23.1. The van der Waals surface area contributed by atoms with Crippen LogP contribution in [-0.2, 0) is 17.8 Å². The molecule has 30 heavy (non-hydrogen) atoms. The molecule has 6 atom stereocenters. The lowest BCUT2D eigenvalue weighted by molar-refractivity contribution is -0.127. The minimum atomic E-state index is -1.34. The number of aliphatic hydroxyl groups excluding tert-OH is 4. The van der Waals surface area contributed by atoms with Crippen molar-refractivity contribution in [1.82, 2.24) is 19.9 Å². The van der Waals surface area contributed by atoms with Crippen molar-refractivity contribution in [3.8, 4) is 0 Å². The summed E-state index contributed by atoms with van der Waals surface area (Å²) in [6, 6.07) is -0.904. The Labute approximate surface area is 177 Å². The van der Waals surface area contributed by atoms with E-state index in [0.717, 1.165) is 31.5 Å². The number of aryl methyl sites for hydroxylation is 2. The minimum absolute atomic E-state index is 0.112. The van der Waals surface area contributed by atoms with Gasteiger partial charge in [-0.1, -0.05) is 37.8 Å². The van der Waals surface area contributed by atoms with Gasteiger partial charge in [-0.3, -0.25) is 9.48 Å². The summed E-state index contributed by atoms with van der Waals surface area (Å²) in [4.78, 5) is 14.1. The van der Waals surface area contributed by atoms with Crippen LogP contribution in [0.25, 0.3) is 0 Å². The van der Waals surface area contributed by atoms with Crippen molar-refractivity contribution in [2.45, 2.75) is 102 Å². The summed E-state index contributed by atoms with van der Waals surface area (Å²) in [5, 5.41) is 47.9. The van der Waals surface area contributed by atoms with Crippen LogP contribution in [0.3, 0.4) is 0 Å². The first-order valence-corrected chi connectivity index (χ1v) is 11.3. The van der Waals surface area contributed by atoms with Gasteiger partial charge < -0.3 is 25.3 Å². The molecule has 2 fully saturated rings. The number of hydrogen-bond donors (Lipinski definition) is 4. The lowest BCUT2D eigenvalue weighted by Crippen LogP contribution is -2.52. The average Bonchev–Trinajstić information content (AvgIpc) is 3.31. The Morgan fingerprint density at radius 1 is 1.00 bits per heavy atom. The molecule has 9 heteroatoms. The molecular weight excluding hydrogens is 388 g/mol. The highest BCUT2D eigenvalue weighted by Gasteiger charge is 2.65. The van der Waals surface area contributed by atoms with Gasteiger partial charge in [0.25, 0.3) is 0 Å². The summed E-state index contributed by atoms with van der Waals surface area (Å²) in [5.74, 6) is -0.728. The van der Waals surface area contributed by atoms with Crippen molar-refractivity contribution in [2.75, 3.05) is 6.61 Å². The van der Waals surface area contributed by atoms with E-state index in [0.29, 0.717) is 12.8 Å². The van der Waals surface area contributed by atoms with Gasteiger partial charge in [0.05, 0.1) is 30.5 Å². The quantitative estimate of drug-likeness (QED) is 0.279. The molecule has 4 unspecified atom stereocenters. The molecule has 2 heterocycles. The topological polar surface area (TPSA) is 132 Å². The molecule has 2 aliphatic rings. The van der Waals surface area contributed by atoms with E-state index in [1.165, 1.54) is 30.6 Å². The molecule has 1 aliphatic heterocycles. The number of carbonyl (C=O) groups excluding carboxylic acids is 1.